The summed E-state index contributed by atoms with van der Waals surface area (Å²) in [5.74, 6) is -0.291. The van der Waals surface area contributed by atoms with E-state index < -0.39 is 26.0 Å². The summed E-state index contributed by atoms with van der Waals surface area (Å²) in [7, 11) is -3.46. The fourth-order valence-corrected chi connectivity index (χ4v) is 2.29. The minimum Gasteiger partial charge on any atom is -0.772 e. The zero-order valence-electron chi connectivity index (χ0n) is 5.15. The summed E-state index contributed by atoms with van der Waals surface area (Å²) in [6, 6.07) is 0. The molecule has 0 bridgehead atoms. The van der Waals surface area contributed by atoms with E-state index in [1.54, 1.807) is 0 Å². The van der Waals surface area contributed by atoms with Gasteiger partial charge in [-0.05, 0) is 11.1 Å². The molecule has 0 fully saturated rings. The highest BCUT2D eigenvalue weighted by Gasteiger charge is 2.06. The Hall–Kier alpha value is -0.200. The van der Waals surface area contributed by atoms with E-state index >= 15 is 0 Å². The van der Waals surface area contributed by atoms with Crippen molar-refractivity contribution < 1.29 is 17.2 Å². The van der Waals surface area contributed by atoms with Gasteiger partial charge in [0, 0.05) is 0 Å². The van der Waals surface area contributed by atoms with Crippen LogP contribution in [0.4, 0.5) is 0 Å². The van der Waals surface area contributed by atoms with Gasteiger partial charge in [0.1, 0.15) is 5.08 Å². The lowest BCUT2D eigenvalue weighted by Crippen LogP contribution is -2.13. The Labute approximate surface area is 62.1 Å². The molecule has 0 spiro atoms. The molecule has 0 aliphatic rings. The molecule has 4 nitrogen and oxygen atoms in total. The number of sulfone groups is 1. The number of hydrogen-bond donors (Lipinski definition) is 0. The molecule has 0 aromatic rings. The molecule has 1 unspecified atom stereocenters. The van der Waals surface area contributed by atoms with E-state index in [1.165, 1.54) is 0 Å². The summed E-state index contributed by atoms with van der Waals surface area (Å²) in [4.78, 5) is 0. The van der Waals surface area contributed by atoms with Crippen molar-refractivity contribution in [1.82, 2.24) is 0 Å². The predicted octanol–water partition coefficient (Wildman–Crippen LogP) is -0.576. The maximum Gasteiger partial charge on any atom is 0.164 e. The van der Waals surface area contributed by atoms with Crippen molar-refractivity contribution in [3.63, 3.8) is 0 Å². The Morgan fingerprint density at radius 2 is 2.10 bits per heavy atom. The summed E-state index contributed by atoms with van der Waals surface area (Å²) in [6.45, 7) is 3.17. The van der Waals surface area contributed by atoms with Gasteiger partial charge < -0.3 is 4.55 Å². The van der Waals surface area contributed by atoms with E-state index in [-0.39, 0.29) is 5.75 Å². The highest BCUT2D eigenvalue weighted by Crippen LogP contribution is 1.91. The summed E-state index contributed by atoms with van der Waals surface area (Å²) in [5.41, 5.74) is 0. The maximum atomic E-state index is 10.6. The molecule has 6 heteroatoms. The molecule has 0 amide bonds. The van der Waals surface area contributed by atoms with Gasteiger partial charge in [0.2, 0.25) is 0 Å². The lowest BCUT2D eigenvalue weighted by molar-refractivity contribution is 0.539. The largest absolute Gasteiger partial charge is 0.772 e. The third kappa shape index (κ3) is 4.66. The van der Waals surface area contributed by atoms with Crippen LogP contribution >= 0.6 is 0 Å². The van der Waals surface area contributed by atoms with Crippen LogP contribution in [0.15, 0.2) is 12.7 Å². The Bertz CT molecular complexity index is 228. The van der Waals surface area contributed by atoms with Gasteiger partial charge in [0.25, 0.3) is 0 Å². The van der Waals surface area contributed by atoms with E-state index in [0.717, 1.165) is 6.08 Å². The van der Waals surface area contributed by atoms with Gasteiger partial charge in [0.15, 0.2) is 9.84 Å². The van der Waals surface area contributed by atoms with Crippen molar-refractivity contribution in [3.05, 3.63) is 12.7 Å². The zero-order chi connectivity index (χ0) is 8.20. The van der Waals surface area contributed by atoms with Crippen LogP contribution in [0.3, 0.4) is 0 Å². The molecule has 0 heterocycles. The van der Waals surface area contributed by atoms with Gasteiger partial charge in [0.05, 0.1) is 5.75 Å². The van der Waals surface area contributed by atoms with Crippen molar-refractivity contribution in [2.75, 3.05) is 10.8 Å². The smallest absolute Gasteiger partial charge is 0.164 e. The molecule has 0 rings (SSSR count). The van der Waals surface area contributed by atoms with Gasteiger partial charge in [-0.25, -0.2) is 8.42 Å². The van der Waals surface area contributed by atoms with Crippen LogP contribution in [-0.4, -0.2) is 28.0 Å². The maximum absolute atomic E-state index is 10.6. The number of hydrogen-bond acceptors (Lipinski definition) is 4. The lowest BCUT2D eigenvalue weighted by Gasteiger charge is -2.02. The van der Waals surface area contributed by atoms with Gasteiger partial charge >= 0.3 is 0 Å². The van der Waals surface area contributed by atoms with E-state index in [9.17, 15) is 17.2 Å². The summed E-state index contributed by atoms with van der Waals surface area (Å²) in [6.07, 6.45) is 1.15. The first-order valence-electron chi connectivity index (χ1n) is 2.35. The van der Waals surface area contributed by atoms with E-state index in [0.29, 0.717) is 0 Å². The summed E-state index contributed by atoms with van der Waals surface area (Å²) < 4.78 is 40.9. The first-order valence-corrected chi connectivity index (χ1v) is 5.41. The zero-order valence-corrected chi connectivity index (χ0v) is 6.78. The third-order valence-corrected chi connectivity index (χ3v) is 3.60. The fraction of sp³-hybridized carbons (Fsp3) is 0.500. The summed E-state index contributed by atoms with van der Waals surface area (Å²) in [5, 5.41) is -0.820. The van der Waals surface area contributed by atoms with Gasteiger partial charge in [-0.2, -0.15) is 0 Å². The molecule has 0 saturated heterocycles. The second kappa shape index (κ2) is 3.85. The van der Waals surface area contributed by atoms with Crippen LogP contribution < -0.4 is 0 Å². The Morgan fingerprint density at radius 3 is 2.40 bits per heavy atom. The fourth-order valence-electron chi connectivity index (χ4n) is 0.374. The normalized spacial score (nSPS) is 14.5. The van der Waals surface area contributed by atoms with Crippen molar-refractivity contribution >= 4 is 20.9 Å². The minimum absolute atomic E-state index is 0.291. The Balaban J connectivity index is 4.14. The monoisotopic (exact) mass is 183 g/mol. The topological polar surface area (TPSA) is 74.3 Å². The SMILES string of the molecule is C=CCS(=O)(=O)CS(=O)[O-]. The van der Waals surface area contributed by atoms with E-state index in [1.807, 2.05) is 0 Å². The Kier molecular flexibility index (Phi) is 3.77. The van der Waals surface area contributed by atoms with Crippen molar-refractivity contribution in [3.8, 4) is 0 Å². The lowest BCUT2D eigenvalue weighted by atomic mass is 10.8. The van der Waals surface area contributed by atoms with Crippen LogP contribution in [0.5, 0.6) is 0 Å². The second-order valence-corrected chi connectivity index (χ2v) is 4.99. The first-order chi connectivity index (χ1) is 4.48. The summed E-state index contributed by atoms with van der Waals surface area (Å²) >= 11 is -2.52. The predicted molar refractivity (Wildman–Crippen MR) is 37.8 cm³/mol. The Morgan fingerprint density at radius 1 is 1.60 bits per heavy atom. The van der Waals surface area contributed by atoms with Crippen LogP contribution in [0.25, 0.3) is 0 Å². The molecular formula is C4H7O4S2-. The van der Waals surface area contributed by atoms with E-state index in [2.05, 4.69) is 6.58 Å². The molecule has 0 aliphatic heterocycles. The average Bonchev–Trinajstić information content (AvgIpc) is 1.59. The molecule has 60 valence electrons. The van der Waals surface area contributed by atoms with Gasteiger partial charge in [-0.15, -0.1) is 6.58 Å². The van der Waals surface area contributed by atoms with Crippen molar-refractivity contribution in [1.29, 1.82) is 0 Å². The highest BCUT2D eigenvalue weighted by atomic mass is 32.3. The highest BCUT2D eigenvalue weighted by molar-refractivity contribution is 8.03. The second-order valence-electron chi connectivity index (χ2n) is 1.62. The molecule has 1 atom stereocenters. The van der Waals surface area contributed by atoms with Crippen LogP contribution in [0, 0.1) is 0 Å². The van der Waals surface area contributed by atoms with Crippen molar-refractivity contribution in [2.24, 2.45) is 0 Å². The standard InChI is InChI=1S/C4H8O4S2/c1-2-3-10(7,8)4-9(5)6/h2H,1,3-4H2,(H,5,6)/p-1. The van der Waals surface area contributed by atoms with Crippen LogP contribution in [-0.2, 0) is 20.9 Å². The minimum atomic E-state index is -3.46. The molecule has 0 radical (unpaired) electrons. The molecule has 0 aromatic carbocycles. The molecule has 10 heavy (non-hydrogen) atoms. The van der Waals surface area contributed by atoms with Gasteiger partial charge in [-0.3, -0.25) is 4.21 Å². The molecule has 0 N–H and O–H groups in total. The number of rotatable bonds is 4. The molecular weight excluding hydrogens is 176 g/mol. The molecule has 0 saturated carbocycles. The van der Waals surface area contributed by atoms with Gasteiger partial charge in [-0.1, -0.05) is 6.08 Å². The van der Waals surface area contributed by atoms with Crippen LogP contribution in [0.2, 0.25) is 0 Å². The quantitative estimate of drug-likeness (QED) is 0.432. The molecule has 0 aromatic heterocycles. The first kappa shape index (κ1) is 9.80. The average molecular weight is 183 g/mol. The third-order valence-electron chi connectivity index (χ3n) is 0.648. The molecule has 0 aliphatic carbocycles. The van der Waals surface area contributed by atoms with E-state index in [4.69, 9.17) is 0 Å². The van der Waals surface area contributed by atoms with Crippen LogP contribution in [0.1, 0.15) is 0 Å². The van der Waals surface area contributed by atoms with Crippen molar-refractivity contribution in [2.45, 2.75) is 0 Å².